The summed E-state index contributed by atoms with van der Waals surface area (Å²) in [6, 6.07) is 11.3. The number of halogens is 3. The summed E-state index contributed by atoms with van der Waals surface area (Å²) in [6.45, 7) is 3.71. The minimum atomic E-state index is -0.719. The smallest absolute Gasteiger partial charge is 0.338 e. The van der Waals surface area contributed by atoms with Crippen LogP contribution >= 0.6 is 46.6 Å². The first-order valence-electron chi connectivity index (χ1n) is 9.65. The van der Waals surface area contributed by atoms with Crippen LogP contribution in [0.3, 0.4) is 0 Å². The van der Waals surface area contributed by atoms with Gasteiger partial charge in [-0.05, 0) is 44.2 Å². The number of amidine groups is 1. The van der Waals surface area contributed by atoms with Gasteiger partial charge < -0.3 is 15.4 Å². The molecule has 0 bridgehead atoms. The molecule has 0 radical (unpaired) electrons. The van der Waals surface area contributed by atoms with Crippen LogP contribution in [0, 0.1) is 0 Å². The summed E-state index contributed by atoms with van der Waals surface area (Å²) in [5.74, 6) is -0.601. The Kier molecular flexibility index (Phi) is 8.48. The van der Waals surface area contributed by atoms with E-state index < -0.39 is 12.0 Å². The molecule has 0 unspecified atom stereocenters. The molecule has 0 fully saturated rings. The third kappa shape index (κ3) is 5.98. The third-order valence-corrected chi connectivity index (χ3v) is 6.43. The van der Waals surface area contributed by atoms with Crippen LogP contribution in [0.5, 0.6) is 0 Å². The molecule has 6 nitrogen and oxygen atoms in total. The predicted octanol–water partition coefficient (Wildman–Crippen LogP) is 5.86. The van der Waals surface area contributed by atoms with Gasteiger partial charge in [-0.1, -0.05) is 58.7 Å². The first-order valence-corrected chi connectivity index (χ1v) is 11.8. The number of carbonyl (C=O) groups is 2. The average Bonchev–Trinajstić information content (AvgIpc) is 2.75. The maximum atomic E-state index is 12.6. The molecule has 1 aliphatic rings. The molecule has 0 saturated heterocycles. The normalized spacial score (nSPS) is 15.7. The first kappa shape index (κ1) is 24.5. The molecular formula is C22H20Cl3N3O3S. The fourth-order valence-electron chi connectivity index (χ4n) is 3.01. The van der Waals surface area contributed by atoms with Crippen molar-refractivity contribution in [2.24, 2.45) is 4.99 Å². The number of allylic oxidation sites excluding steroid dienone is 1. The van der Waals surface area contributed by atoms with E-state index in [1.165, 1.54) is 11.8 Å². The van der Waals surface area contributed by atoms with Crippen molar-refractivity contribution in [2.75, 3.05) is 17.7 Å². The Hall–Kier alpha value is -2.19. The van der Waals surface area contributed by atoms with Gasteiger partial charge in [0.15, 0.2) is 5.17 Å². The molecule has 0 aromatic heterocycles. The van der Waals surface area contributed by atoms with Crippen LogP contribution in [0.1, 0.15) is 25.5 Å². The van der Waals surface area contributed by atoms with E-state index in [-0.39, 0.29) is 18.3 Å². The number of anilines is 1. The lowest BCUT2D eigenvalue weighted by atomic mass is 9.96. The molecule has 1 aliphatic heterocycles. The number of carbonyl (C=O) groups excluding carboxylic acids is 2. The lowest BCUT2D eigenvalue weighted by Crippen LogP contribution is -2.31. The van der Waals surface area contributed by atoms with Crippen molar-refractivity contribution in [1.82, 2.24) is 5.32 Å². The zero-order valence-corrected chi connectivity index (χ0v) is 20.3. The van der Waals surface area contributed by atoms with Crippen LogP contribution in [-0.4, -0.2) is 29.4 Å². The SMILES string of the molecule is CCOC(=O)C1=C(C)NC(SCC(=O)Nc2ccc(Cl)cc2)=N[C@H]1c1cccc(Cl)c1Cl. The summed E-state index contributed by atoms with van der Waals surface area (Å²) >= 11 is 19.7. The molecule has 1 atom stereocenters. The Morgan fingerprint density at radius 3 is 2.56 bits per heavy atom. The number of aliphatic imine (C=N–C) groups is 1. The lowest BCUT2D eigenvalue weighted by molar-refractivity contribution is -0.139. The minimum absolute atomic E-state index is 0.104. The van der Waals surface area contributed by atoms with Gasteiger partial charge in [0.1, 0.15) is 6.04 Å². The van der Waals surface area contributed by atoms with Crippen LogP contribution < -0.4 is 10.6 Å². The van der Waals surface area contributed by atoms with Crippen molar-refractivity contribution < 1.29 is 14.3 Å². The number of thioether (sulfide) groups is 1. The highest BCUT2D eigenvalue weighted by Gasteiger charge is 2.32. The molecular weight excluding hydrogens is 493 g/mol. The Morgan fingerprint density at radius 2 is 1.88 bits per heavy atom. The van der Waals surface area contributed by atoms with E-state index in [0.29, 0.717) is 42.8 Å². The van der Waals surface area contributed by atoms with Crippen molar-refractivity contribution in [3.63, 3.8) is 0 Å². The van der Waals surface area contributed by atoms with Gasteiger partial charge in [-0.15, -0.1) is 0 Å². The van der Waals surface area contributed by atoms with Gasteiger partial charge in [0.05, 0.1) is 28.0 Å². The summed E-state index contributed by atoms with van der Waals surface area (Å²) < 4.78 is 5.22. The van der Waals surface area contributed by atoms with Gasteiger partial charge in [-0.3, -0.25) is 4.79 Å². The van der Waals surface area contributed by atoms with Crippen molar-refractivity contribution in [2.45, 2.75) is 19.9 Å². The zero-order valence-electron chi connectivity index (χ0n) is 17.2. The molecule has 3 rings (SSSR count). The van der Waals surface area contributed by atoms with Crippen LogP contribution in [0.25, 0.3) is 0 Å². The van der Waals surface area contributed by atoms with Crippen molar-refractivity contribution in [1.29, 1.82) is 0 Å². The number of ether oxygens (including phenoxy) is 1. The molecule has 2 N–H and O–H groups in total. The molecule has 2 aromatic carbocycles. The fraction of sp³-hybridized carbons (Fsp3) is 0.227. The second kappa shape index (κ2) is 11.1. The molecule has 168 valence electrons. The van der Waals surface area contributed by atoms with E-state index in [0.717, 1.165) is 0 Å². The predicted molar refractivity (Wildman–Crippen MR) is 132 cm³/mol. The van der Waals surface area contributed by atoms with Gasteiger partial charge in [-0.2, -0.15) is 0 Å². The summed E-state index contributed by atoms with van der Waals surface area (Å²) in [5, 5.41) is 7.61. The Bertz CT molecular complexity index is 1090. The number of nitrogens with zero attached hydrogens (tertiary/aromatic N) is 1. The number of rotatable bonds is 6. The van der Waals surface area contributed by atoms with Crippen LogP contribution in [-0.2, 0) is 14.3 Å². The standard InChI is InChI=1S/C22H20Cl3N3O3S/c1-3-31-21(30)18-12(2)26-22(28-20(18)15-5-4-6-16(24)19(15)25)32-11-17(29)27-14-9-7-13(23)8-10-14/h4-10,20H,3,11H2,1-2H3,(H,26,28)(H,27,29)/t20-/m0/s1. The molecule has 0 aliphatic carbocycles. The van der Waals surface area contributed by atoms with E-state index >= 15 is 0 Å². The second-order valence-corrected chi connectivity index (χ2v) is 8.89. The van der Waals surface area contributed by atoms with Gasteiger partial charge in [0, 0.05) is 22.0 Å². The van der Waals surface area contributed by atoms with E-state index in [2.05, 4.69) is 15.6 Å². The maximum Gasteiger partial charge on any atom is 0.338 e. The highest BCUT2D eigenvalue weighted by Crippen LogP contribution is 2.39. The lowest BCUT2D eigenvalue weighted by Gasteiger charge is -2.26. The molecule has 32 heavy (non-hydrogen) atoms. The van der Waals surface area contributed by atoms with E-state index in [4.69, 9.17) is 39.5 Å². The zero-order chi connectivity index (χ0) is 23.3. The minimum Gasteiger partial charge on any atom is -0.463 e. The summed E-state index contributed by atoms with van der Waals surface area (Å²) in [6.07, 6.45) is 0. The number of benzene rings is 2. The highest BCUT2D eigenvalue weighted by molar-refractivity contribution is 8.14. The number of hydrogen-bond donors (Lipinski definition) is 2. The Labute approximate surface area is 205 Å². The van der Waals surface area contributed by atoms with Crippen LogP contribution in [0.2, 0.25) is 15.1 Å². The van der Waals surface area contributed by atoms with E-state index in [1.807, 2.05) is 0 Å². The van der Waals surface area contributed by atoms with Crippen molar-refractivity contribution in [3.8, 4) is 0 Å². The van der Waals surface area contributed by atoms with Gasteiger partial charge >= 0.3 is 5.97 Å². The van der Waals surface area contributed by atoms with Crippen molar-refractivity contribution in [3.05, 3.63) is 74.4 Å². The number of nitrogens with one attached hydrogen (secondary N) is 2. The number of esters is 1. The van der Waals surface area contributed by atoms with E-state index in [1.54, 1.807) is 56.3 Å². The summed E-state index contributed by atoms with van der Waals surface area (Å²) in [4.78, 5) is 29.6. The quantitative estimate of drug-likeness (QED) is 0.474. The first-order chi connectivity index (χ1) is 15.3. The number of amides is 1. The molecule has 1 heterocycles. The Morgan fingerprint density at radius 1 is 1.16 bits per heavy atom. The topological polar surface area (TPSA) is 79.8 Å². The number of hydrogen-bond acceptors (Lipinski definition) is 6. The Balaban J connectivity index is 1.81. The van der Waals surface area contributed by atoms with Crippen molar-refractivity contribution >= 4 is 69.3 Å². The summed E-state index contributed by atoms with van der Waals surface area (Å²) in [7, 11) is 0. The molecule has 10 heteroatoms. The second-order valence-electron chi connectivity index (χ2n) is 6.71. The largest absolute Gasteiger partial charge is 0.463 e. The molecule has 0 spiro atoms. The molecule has 2 aromatic rings. The monoisotopic (exact) mass is 511 g/mol. The van der Waals surface area contributed by atoms with Crippen LogP contribution in [0.15, 0.2) is 58.7 Å². The van der Waals surface area contributed by atoms with Crippen LogP contribution in [0.4, 0.5) is 5.69 Å². The van der Waals surface area contributed by atoms with E-state index in [9.17, 15) is 9.59 Å². The van der Waals surface area contributed by atoms with Gasteiger partial charge in [0.2, 0.25) is 5.91 Å². The average molecular weight is 513 g/mol. The fourth-order valence-corrected chi connectivity index (χ4v) is 4.30. The highest BCUT2D eigenvalue weighted by atomic mass is 35.5. The van der Waals surface area contributed by atoms with Gasteiger partial charge in [-0.25, -0.2) is 9.79 Å². The van der Waals surface area contributed by atoms with Gasteiger partial charge in [0.25, 0.3) is 0 Å². The molecule has 1 amide bonds. The summed E-state index contributed by atoms with van der Waals surface area (Å²) in [5.41, 5.74) is 2.13. The third-order valence-electron chi connectivity index (χ3n) is 4.46. The molecule has 0 saturated carbocycles. The maximum absolute atomic E-state index is 12.6.